The molecule has 15 heavy (non-hydrogen) atoms. The summed E-state index contributed by atoms with van der Waals surface area (Å²) >= 11 is 0. The molecule has 0 bridgehead atoms. The predicted octanol–water partition coefficient (Wildman–Crippen LogP) is 3.02. The quantitative estimate of drug-likeness (QED) is 0.605. The first-order chi connectivity index (χ1) is 7.31. The lowest BCUT2D eigenvalue weighted by Gasteiger charge is -2.10. The highest BCUT2D eigenvalue weighted by atomic mass is 16.6. The molecule has 80 valence electrons. The van der Waals surface area contributed by atoms with Gasteiger partial charge in [-0.25, -0.2) is 5.48 Å². The third-order valence-electron chi connectivity index (χ3n) is 2.44. The maximum absolute atomic E-state index is 5.26. The average Bonchev–Trinajstić information content (AvgIpc) is 3.04. The topological polar surface area (TPSA) is 30.5 Å². The Kier molecular flexibility index (Phi) is 2.81. The number of nitrogens with one attached hydrogen (secondary N) is 1. The van der Waals surface area contributed by atoms with Crippen LogP contribution in [0.3, 0.4) is 0 Å². The summed E-state index contributed by atoms with van der Waals surface area (Å²) in [6.45, 7) is 1.99. The zero-order valence-corrected chi connectivity index (χ0v) is 9.04. The summed E-state index contributed by atoms with van der Waals surface area (Å²) in [7, 11) is 1.67. The molecular formula is C12H15NO2. The Morgan fingerprint density at radius 2 is 2.13 bits per heavy atom. The summed E-state index contributed by atoms with van der Waals surface area (Å²) in [5, 5.41) is 0. The van der Waals surface area contributed by atoms with Crippen LogP contribution >= 0.6 is 0 Å². The molecule has 3 nitrogen and oxygen atoms in total. The second-order valence-corrected chi connectivity index (χ2v) is 3.63. The fourth-order valence-electron chi connectivity index (χ4n) is 1.31. The van der Waals surface area contributed by atoms with Crippen LogP contribution < -0.4 is 10.2 Å². The number of methoxy groups -OCH3 is 1. The Bertz CT molecular complexity index is 379. The van der Waals surface area contributed by atoms with Crippen molar-refractivity contribution < 1.29 is 9.57 Å². The molecule has 1 aromatic carbocycles. The van der Waals surface area contributed by atoms with Gasteiger partial charge in [-0.15, -0.1) is 0 Å². The minimum atomic E-state index is 0.864. The van der Waals surface area contributed by atoms with E-state index in [4.69, 9.17) is 9.57 Å². The van der Waals surface area contributed by atoms with Crippen molar-refractivity contribution in [1.82, 2.24) is 0 Å². The van der Waals surface area contributed by atoms with E-state index < -0.39 is 0 Å². The van der Waals surface area contributed by atoms with Crippen LogP contribution in [-0.4, -0.2) is 7.11 Å². The fraction of sp³-hybridized carbons (Fsp3) is 0.333. The Morgan fingerprint density at radius 1 is 1.33 bits per heavy atom. The minimum absolute atomic E-state index is 0.864. The maximum Gasteiger partial charge on any atom is 0.123 e. The van der Waals surface area contributed by atoms with E-state index in [0.29, 0.717) is 0 Å². The van der Waals surface area contributed by atoms with Gasteiger partial charge in [0.05, 0.1) is 12.8 Å². The molecule has 0 unspecified atom stereocenters. The van der Waals surface area contributed by atoms with Crippen molar-refractivity contribution >= 4 is 5.69 Å². The summed E-state index contributed by atoms with van der Waals surface area (Å²) in [5.41, 5.74) is 6.24. The van der Waals surface area contributed by atoms with Crippen LogP contribution in [0.25, 0.3) is 0 Å². The van der Waals surface area contributed by atoms with Gasteiger partial charge in [0.2, 0.25) is 0 Å². The van der Waals surface area contributed by atoms with E-state index in [0.717, 1.165) is 17.0 Å². The normalized spacial score (nSPS) is 13.3. The van der Waals surface area contributed by atoms with E-state index in [1.165, 1.54) is 18.4 Å². The lowest BCUT2D eigenvalue weighted by Crippen LogP contribution is -1.98. The fourth-order valence-corrected chi connectivity index (χ4v) is 1.31. The van der Waals surface area contributed by atoms with E-state index in [9.17, 15) is 0 Å². The number of hydrogen-bond donors (Lipinski definition) is 1. The first-order valence-corrected chi connectivity index (χ1v) is 5.04. The molecule has 1 aliphatic carbocycles. The van der Waals surface area contributed by atoms with Crippen molar-refractivity contribution in [2.75, 3.05) is 12.6 Å². The predicted molar refractivity (Wildman–Crippen MR) is 59.8 cm³/mol. The summed E-state index contributed by atoms with van der Waals surface area (Å²) in [6, 6.07) is 5.82. The molecule has 3 heteroatoms. The number of ether oxygens (including phenoxy) is 1. The Balaban J connectivity index is 2.03. The van der Waals surface area contributed by atoms with Gasteiger partial charge in [0.15, 0.2) is 0 Å². The molecule has 0 heterocycles. The molecule has 1 aliphatic rings. The highest BCUT2D eigenvalue weighted by Crippen LogP contribution is 2.28. The molecule has 1 N–H and O–H groups in total. The smallest absolute Gasteiger partial charge is 0.123 e. The van der Waals surface area contributed by atoms with E-state index in [1.54, 1.807) is 13.4 Å². The molecule has 2 rings (SSSR count). The maximum atomic E-state index is 5.26. The van der Waals surface area contributed by atoms with Crippen LogP contribution in [0, 0.1) is 6.92 Å². The van der Waals surface area contributed by atoms with Gasteiger partial charge < -0.3 is 9.57 Å². The Hall–Kier alpha value is -1.64. The zero-order valence-electron chi connectivity index (χ0n) is 9.04. The van der Waals surface area contributed by atoms with Crippen molar-refractivity contribution in [1.29, 1.82) is 0 Å². The summed E-state index contributed by atoms with van der Waals surface area (Å²) in [6.07, 6.45) is 4.11. The van der Waals surface area contributed by atoms with Crippen LogP contribution in [0.15, 0.2) is 30.0 Å². The SMILES string of the molecule is COc1cccc(NOC=C2CC2)c1C. The molecule has 0 spiro atoms. The Labute approximate surface area is 89.7 Å². The van der Waals surface area contributed by atoms with Crippen molar-refractivity contribution in [3.05, 3.63) is 35.6 Å². The highest BCUT2D eigenvalue weighted by molar-refractivity contribution is 5.55. The van der Waals surface area contributed by atoms with Gasteiger partial charge in [0.25, 0.3) is 0 Å². The van der Waals surface area contributed by atoms with Crippen molar-refractivity contribution in [3.63, 3.8) is 0 Å². The number of anilines is 1. The highest BCUT2D eigenvalue weighted by Gasteiger charge is 2.11. The van der Waals surface area contributed by atoms with Crippen LogP contribution in [0.5, 0.6) is 5.75 Å². The molecule has 0 aliphatic heterocycles. The third-order valence-corrected chi connectivity index (χ3v) is 2.44. The largest absolute Gasteiger partial charge is 0.496 e. The molecule has 0 aromatic heterocycles. The number of rotatable bonds is 4. The molecule has 1 saturated carbocycles. The molecular weight excluding hydrogens is 190 g/mol. The second kappa shape index (κ2) is 4.26. The van der Waals surface area contributed by atoms with Gasteiger partial charge in [0.1, 0.15) is 12.0 Å². The van der Waals surface area contributed by atoms with Crippen molar-refractivity contribution in [2.24, 2.45) is 0 Å². The van der Waals surface area contributed by atoms with Gasteiger partial charge in [-0.3, -0.25) is 0 Å². The summed E-state index contributed by atoms with van der Waals surface area (Å²) in [5.74, 6) is 0.864. The number of benzene rings is 1. The lowest BCUT2D eigenvalue weighted by molar-refractivity contribution is 0.327. The van der Waals surface area contributed by atoms with Gasteiger partial charge in [-0.1, -0.05) is 6.07 Å². The second-order valence-electron chi connectivity index (χ2n) is 3.63. The molecule has 1 fully saturated rings. The van der Waals surface area contributed by atoms with Crippen LogP contribution in [0.2, 0.25) is 0 Å². The molecule has 0 amide bonds. The zero-order chi connectivity index (χ0) is 10.7. The van der Waals surface area contributed by atoms with Crippen LogP contribution in [0.4, 0.5) is 5.69 Å². The van der Waals surface area contributed by atoms with E-state index in [2.05, 4.69) is 5.48 Å². The first kappa shape index (κ1) is 9.90. The van der Waals surface area contributed by atoms with Crippen LogP contribution in [0.1, 0.15) is 18.4 Å². The van der Waals surface area contributed by atoms with Crippen molar-refractivity contribution in [3.8, 4) is 5.75 Å². The molecule has 0 saturated heterocycles. The monoisotopic (exact) mass is 205 g/mol. The van der Waals surface area contributed by atoms with Crippen molar-refractivity contribution in [2.45, 2.75) is 19.8 Å². The van der Waals surface area contributed by atoms with Gasteiger partial charge in [-0.05, 0) is 37.5 Å². The summed E-state index contributed by atoms with van der Waals surface area (Å²) < 4.78 is 5.21. The molecule has 0 radical (unpaired) electrons. The van der Waals surface area contributed by atoms with Gasteiger partial charge in [0, 0.05) is 5.56 Å². The number of allylic oxidation sites excluding steroid dienone is 1. The van der Waals surface area contributed by atoms with E-state index >= 15 is 0 Å². The Morgan fingerprint density at radius 3 is 2.80 bits per heavy atom. The molecule has 0 atom stereocenters. The lowest BCUT2D eigenvalue weighted by atomic mass is 10.2. The number of hydrogen-bond acceptors (Lipinski definition) is 3. The van der Waals surface area contributed by atoms with Crippen LogP contribution in [-0.2, 0) is 4.84 Å². The third kappa shape index (κ3) is 2.43. The standard InChI is InChI=1S/C12H15NO2/c1-9-11(4-3-5-12(9)14-2)13-15-8-10-6-7-10/h3-5,8,13H,6-7H2,1-2H3. The summed E-state index contributed by atoms with van der Waals surface area (Å²) in [4.78, 5) is 5.26. The van der Waals surface area contributed by atoms with Gasteiger partial charge in [-0.2, -0.15) is 0 Å². The average molecular weight is 205 g/mol. The molecule has 1 aromatic rings. The van der Waals surface area contributed by atoms with E-state index in [1.807, 2.05) is 25.1 Å². The van der Waals surface area contributed by atoms with E-state index in [-0.39, 0.29) is 0 Å². The first-order valence-electron chi connectivity index (χ1n) is 5.04. The van der Waals surface area contributed by atoms with Gasteiger partial charge >= 0.3 is 0 Å². The minimum Gasteiger partial charge on any atom is -0.496 e.